The lowest BCUT2D eigenvalue weighted by molar-refractivity contribution is -0.272. The average Bonchev–Trinajstić information content (AvgIpc) is 3.16. The number of aliphatic hydroxyl groups excluding tert-OH is 1. The molecule has 0 radical (unpaired) electrons. The van der Waals surface area contributed by atoms with E-state index >= 15 is 0 Å². The summed E-state index contributed by atoms with van der Waals surface area (Å²) in [6, 6.07) is 0. The standard InChI is InChI=1S/C27H42O3/c1-16-7-12-27(29-15-16)17(2)24-23(30-27)14-22-20-6-5-18-13-19(28)8-10-25(18,3)21(20)9-11-26(22,24)4/h5,16-17,19-24,28H,6-15H2,1-4H3/t16?,17-,19-,20?,21?,22?,23?,24?,25-,26-,27+/m0/s1. The van der Waals surface area contributed by atoms with Gasteiger partial charge in [-0.2, -0.15) is 0 Å². The minimum absolute atomic E-state index is 0.107. The van der Waals surface area contributed by atoms with Crippen LogP contribution in [0.25, 0.3) is 0 Å². The number of allylic oxidation sites excluding steroid dienone is 1. The molecule has 2 aliphatic heterocycles. The molecule has 4 aliphatic carbocycles. The van der Waals surface area contributed by atoms with E-state index in [4.69, 9.17) is 9.47 Å². The second kappa shape index (κ2) is 6.58. The summed E-state index contributed by atoms with van der Waals surface area (Å²) in [5, 5.41) is 10.3. The fraction of sp³-hybridized carbons (Fsp3) is 0.926. The fourth-order valence-corrected chi connectivity index (χ4v) is 9.66. The third-order valence-corrected chi connectivity index (χ3v) is 11.3. The van der Waals surface area contributed by atoms with Gasteiger partial charge in [0.2, 0.25) is 0 Å². The van der Waals surface area contributed by atoms with Crippen molar-refractivity contribution < 1.29 is 14.6 Å². The third-order valence-electron chi connectivity index (χ3n) is 11.3. The maximum absolute atomic E-state index is 10.3. The van der Waals surface area contributed by atoms with Crippen LogP contribution in [-0.4, -0.2) is 29.7 Å². The van der Waals surface area contributed by atoms with Crippen LogP contribution in [0, 0.1) is 46.3 Å². The molecule has 6 unspecified atom stereocenters. The summed E-state index contributed by atoms with van der Waals surface area (Å²) in [4.78, 5) is 0. The molecule has 0 amide bonds. The molecule has 3 heteroatoms. The van der Waals surface area contributed by atoms with E-state index in [1.54, 1.807) is 5.57 Å². The van der Waals surface area contributed by atoms with Crippen LogP contribution in [0.15, 0.2) is 11.6 Å². The molecule has 0 aromatic carbocycles. The Morgan fingerprint density at radius 3 is 2.63 bits per heavy atom. The first-order chi connectivity index (χ1) is 14.3. The normalized spacial score (nSPS) is 59.8. The summed E-state index contributed by atoms with van der Waals surface area (Å²) in [5.74, 6) is 3.94. The number of fused-ring (bicyclic) bond motifs is 7. The van der Waals surface area contributed by atoms with Crippen LogP contribution in [0.1, 0.15) is 85.5 Å². The van der Waals surface area contributed by atoms with Gasteiger partial charge in [0, 0.05) is 12.3 Å². The molecule has 6 aliphatic rings. The van der Waals surface area contributed by atoms with E-state index in [2.05, 4.69) is 33.8 Å². The fourth-order valence-electron chi connectivity index (χ4n) is 9.66. The summed E-state index contributed by atoms with van der Waals surface area (Å²) in [5.41, 5.74) is 2.31. The van der Waals surface area contributed by atoms with Gasteiger partial charge in [0.25, 0.3) is 0 Å². The highest BCUT2D eigenvalue weighted by Crippen LogP contribution is 2.70. The lowest BCUT2D eigenvalue weighted by atomic mass is 9.47. The molecule has 6 rings (SSSR count). The molecule has 30 heavy (non-hydrogen) atoms. The van der Waals surface area contributed by atoms with E-state index in [9.17, 15) is 5.11 Å². The SMILES string of the molecule is CC1CC[C@@]2(OC1)OC1CC3C4CC=C5C[C@@H](O)CC[C@]5(C)C4CC[C@]3(C)C1[C@@H]2C. The summed E-state index contributed by atoms with van der Waals surface area (Å²) < 4.78 is 13.3. The van der Waals surface area contributed by atoms with Crippen molar-refractivity contribution in [2.75, 3.05) is 6.61 Å². The van der Waals surface area contributed by atoms with Crippen molar-refractivity contribution in [1.29, 1.82) is 0 Å². The quantitative estimate of drug-likeness (QED) is 0.516. The Kier molecular flexibility index (Phi) is 4.44. The minimum Gasteiger partial charge on any atom is -0.393 e. The van der Waals surface area contributed by atoms with Crippen molar-refractivity contribution in [1.82, 2.24) is 0 Å². The van der Waals surface area contributed by atoms with Gasteiger partial charge in [-0.05, 0) is 91.8 Å². The zero-order chi connectivity index (χ0) is 20.9. The van der Waals surface area contributed by atoms with Crippen molar-refractivity contribution in [2.45, 2.75) is 103 Å². The first-order valence-electron chi connectivity index (χ1n) is 13.0. The van der Waals surface area contributed by atoms with Crippen molar-refractivity contribution in [3.63, 3.8) is 0 Å². The topological polar surface area (TPSA) is 38.7 Å². The van der Waals surface area contributed by atoms with Gasteiger partial charge in [-0.25, -0.2) is 0 Å². The van der Waals surface area contributed by atoms with Crippen LogP contribution < -0.4 is 0 Å². The lowest BCUT2D eigenvalue weighted by Gasteiger charge is -2.58. The highest BCUT2D eigenvalue weighted by Gasteiger charge is 2.68. The van der Waals surface area contributed by atoms with Gasteiger partial charge in [0.1, 0.15) is 0 Å². The number of aliphatic hydroxyl groups is 1. The molecule has 11 atom stereocenters. The van der Waals surface area contributed by atoms with Crippen LogP contribution in [-0.2, 0) is 9.47 Å². The highest BCUT2D eigenvalue weighted by atomic mass is 16.7. The zero-order valence-corrected chi connectivity index (χ0v) is 19.5. The number of rotatable bonds is 0. The van der Waals surface area contributed by atoms with Gasteiger partial charge < -0.3 is 14.6 Å². The second-order valence-electron chi connectivity index (χ2n) is 12.7. The first-order valence-corrected chi connectivity index (χ1v) is 13.0. The summed E-state index contributed by atoms with van der Waals surface area (Å²) in [7, 11) is 0. The van der Waals surface area contributed by atoms with E-state index in [1.807, 2.05) is 0 Å². The van der Waals surface area contributed by atoms with Crippen LogP contribution in [0.2, 0.25) is 0 Å². The molecule has 2 heterocycles. The molecule has 3 nitrogen and oxygen atoms in total. The van der Waals surface area contributed by atoms with E-state index in [0.29, 0.717) is 34.7 Å². The third kappa shape index (κ3) is 2.55. The summed E-state index contributed by atoms with van der Waals surface area (Å²) in [6.07, 6.45) is 13.5. The molecule has 0 aromatic rings. The van der Waals surface area contributed by atoms with Gasteiger partial charge >= 0.3 is 0 Å². The Balaban J connectivity index is 1.28. The maximum atomic E-state index is 10.3. The van der Waals surface area contributed by atoms with E-state index in [-0.39, 0.29) is 11.9 Å². The van der Waals surface area contributed by atoms with Crippen molar-refractivity contribution in [2.24, 2.45) is 46.3 Å². The molecule has 5 fully saturated rings. The maximum Gasteiger partial charge on any atom is 0.171 e. The second-order valence-corrected chi connectivity index (χ2v) is 12.7. The van der Waals surface area contributed by atoms with Crippen LogP contribution in [0.4, 0.5) is 0 Å². The monoisotopic (exact) mass is 414 g/mol. The molecular weight excluding hydrogens is 372 g/mol. The van der Waals surface area contributed by atoms with Crippen LogP contribution in [0.5, 0.6) is 0 Å². The molecule has 0 bridgehead atoms. The van der Waals surface area contributed by atoms with Crippen LogP contribution in [0.3, 0.4) is 0 Å². The molecule has 3 saturated carbocycles. The van der Waals surface area contributed by atoms with E-state index in [0.717, 1.165) is 43.6 Å². The Morgan fingerprint density at radius 2 is 1.87 bits per heavy atom. The molecule has 168 valence electrons. The molecular formula is C27H42O3. The smallest absolute Gasteiger partial charge is 0.171 e. The number of ether oxygens (including phenoxy) is 2. The minimum atomic E-state index is -0.294. The van der Waals surface area contributed by atoms with E-state index in [1.165, 1.54) is 38.5 Å². The predicted octanol–water partition coefficient (Wildman–Crippen LogP) is 5.71. The molecule has 1 spiro atoms. The van der Waals surface area contributed by atoms with Gasteiger partial charge in [0.15, 0.2) is 5.79 Å². The predicted molar refractivity (Wildman–Crippen MR) is 118 cm³/mol. The number of hydrogen-bond donors (Lipinski definition) is 1. The largest absolute Gasteiger partial charge is 0.393 e. The molecule has 1 N–H and O–H groups in total. The van der Waals surface area contributed by atoms with Crippen molar-refractivity contribution >= 4 is 0 Å². The average molecular weight is 415 g/mol. The van der Waals surface area contributed by atoms with Gasteiger partial charge in [0.05, 0.1) is 18.8 Å². The Bertz CT molecular complexity index is 736. The van der Waals surface area contributed by atoms with Crippen LogP contribution >= 0.6 is 0 Å². The number of hydrogen-bond acceptors (Lipinski definition) is 3. The van der Waals surface area contributed by atoms with E-state index < -0.39 is 0 Å². The summed E-state index contributed by atoms with van der Waals surface area (Å²) >= 11 is 0. The Labute approximate surface area is 183 Å². The Morgan fingerprint density at radius 1 is 1.03 bits per heavy atom. The molecule has 0 aromatic heterocycles. The summed E-state index contributed by atoms with van der Waals surface area (Å²) in [6.45, 7) is 10.8. The lowest BCUT2D eigenvalue weighted by Crippen LogP contribution is -2.52. The Hall–Kier alpha value is -0.380. The highest BCUT2D eigenvalue weighted by molar-refractivity contribution is 5.26. The first kappa shape index (κ1) is 20.2. The van der Waals surface area contributed by atoms with Crippen molar-refractivity contribution in [3.8, 4) is 0 Å². The molecule has 2 saturated heterocycles. The van der Waals surface area contributed by atoms with Crippen molar-refractivity contribution in [3.05, 3.63) is 11.6 Å². The van der Waals surface area contributed by atoms with Gasteiger partial charge in [-0.1, -0.05) is 39.3 Å². The zero-order valence-electron chi connectivity index (χ0n) is 19.5. The van der Waals surface area contributed by atoms with Gasteiger partial charge in [-0.15, -0.1) is 0 Å². The van der Waals surface area contributed by atoms with Gasteiger partial charge in [-0.3, -0.25) is 0 Å².